The summed E-state index contributed by atoms with van der Waals surface area (Å²) in [7, 11) is 0. The number of aromatic hydroxyl groups is 1. The summed E-state index contributed by atoms with van der Waals surface area (Å²) in [6, 6.07) is 10.1. The summed E-state index contributed by atoms with van der Waals surface area (Å²) in [5, 5.41) is 36.8. The maximum absolute atomic E-state index is 10.5. The molecule has 0 spiro atoms. The zero-order chi connectivity index (χ0) is 14.5. The molecule has 0 unspecified atom stereocenters. The van der Waals surface area contributed by atoms with Crippen molar-refractivity contribution in [2.45, 2.75) is 6.61 Å². The third-order valence-corrected chi connectivity index (χ3v) is 2.57. The zero-order valence-corrected chi connectivity index (χ0v) is 10.3. The normalized spacial score (nSPS) is 10.8. The van der Waals surface area contributed by atoms with Crippen molar-refractivity contribution in [2.24, 2.45) is 10.2 Å². The first-order chi connectivity index (χ1) is 9.60. The Morgan fingerprint density at radius 3 is 2.25 bits per heavy atom. The number of hydrogen-bond acceptors (Lipinski definition) is 6. The molecule has 0 fully saturated rings. The second kappa shape index (κ2) is 5.89. The van der Waals surface area contributed by atoms with Crippen LogP contribution in [0.2, 0.25) is 0 Å². The van der Waals surface area contributed by atoms with Gasteiger partial charge in [0.15, 0.2) is 0 Å². The Morgan fingerprint density at radius 1 is 1.05 bits per heavy atom. The second-order valence-corrected chi connectivity index (χ2v) is 3.94. The molecule has 0 aliphatic rings. The van der Waals surface area contributed by atoms with E-state index >= 15 is 0 Å². The van der Waals surface area contributed by atoms with Crippen LogP contribution in [0.15, 0.2) is 52.7 Å². The van der Waals surface area contributed by atoms with Crippen LogP contribution in [0, 0.1) is 10.1 Å². The van der Waals surface area contributed by atoms with Crippen LogP contribution < -0.4 is 0 Å². The number of nitrogens with zero attached hydrogens (tertiary/aromatic N) is 3. The van der Waals surface area contributed by atoms with Gasteiger partial charge in [-0.15, -0.1) is 0 Å². The Kier molecular flexibility index (Phi) is 4.02. The van der Waals surface area contributed by atoms with Crippen LogP contribution in [0.1, 0.15) is 5.56 Å². The maximum Gasteiger partial charge on any atom is 0.269 e. The Labute approximate surface area is 114 Å². The number of benzene rings is 2. The molecule has 2 aromatic carbocycles. The van der Waals surface area contributed by atoms with E-state index in [-0.39, 0.29) is 18.0 Å². The molecule has 0 amide bonds. The molecule has 2 N–H and O–H groups in total. The molecule has 0 heterocycles. The van der Waals surface area contributed by atoms with Crippen molar-refractivity contribution in [1.29, 1.82) is 0 Å². The predicted molar refractivity (Wildman–Crippen MR) is 71.3 cm³/mol. The first-order valence-corrected chi connectivity index (χ1v) is 5.69. The van der Waals surface area contributed by atoms with Gasteiger partial charge in [0, 0.05) is 17.7 Å². The van der Waals surface area contributed by atoms with Crippen molar-refractivity contribution in [3.8, 4) is 5.75 Å². The fraction of sp³-hybridized carbons (Fsp3) is 0.0769. The van der Waals surface area contributed by atoms with E-state index in [1.54, 1.807) is 6.07 Å². The average Bonchev–Trinajstić information content (AvgIpc) is 2.46. The average molecular weight is 273 g/mol. The van der Waals surface area contributed by atoms with Crippen molar-refractivity contribution in [1.82, 2.24) is 0 Å². The summed E-state index contributed by atoms with van der Waals surface area (Å²) in [6.07, 6.45) is 0. The predicted octanol–water partition coefficient (Wildman–Crippen LogP) is 3.21. The van der Waals surface area contributed by atoms with Gasteiger partial charge in [-0.25, -0.2) is 0 Å². The molecular formula is C13H11N3O4. The van der Waals surface area contributed by atoms with Crippen LogP contribution in [0.5, 0.6) is 5.75 Å². The van der Waals surface area contributed by atoms with Gasteiger partial charge >= 0.3 is 0 Å². The van der Waals surface area contributed by atoms with E-state index in [9.17, 15) is 15.2 Å². The van der Waals surface area contributed by atoms with Crippen molar-refractivity contribution in [3.05, 3.63) is 58.1 Å². The monoisotopic (exact) mass is 273 g/mol. The molecule has 0 aromatic heterocycles. The number of aliphatic hydroxyl groups is 1. The van der Waals surface area contributed by atoms with Crippen molar-refractivity contribution in [3.63, 3.8) is 0 Å². The van der Waals surface area contributed by atoms with Gasteiger partial charge in [0.25, 0.3) is 5.69 Å². The summed E-state index contributed by atoms with van der Waals surface area (Å²) in [5.41, 5.74) is 1.26. The molecule has 2 rings (SSSR count). The maximum atomic E-state index is 10.5. The summed E-state index contributed by atoms with van der Waals surface area (Å²) in [6.45, 7) is -0.299. The van der Waals surface area contributed by atoms with E-state index in [4.69, 9.17) is 5.11 Å². The summed E-state index contributed by atoms with van der Waals surface area (Å²) >= 11 is 0. The molecule has 102 valence electrons. The number of azo groups is 1. The highest BCUT2D eigenvalue weighted by Gasteiger charge is 2.04. The van der Waals surface area contributed by atoms with Gasteiger partial charge < -0.3 is 10.2 Å². The Hall–Kier alpha value is -2.80. The minimum atomic E-state index is -0.492. The van der Waals surface area contributed by atoms with Gasteiger partial charge in [0.1, 0.15) is 5.75 Å². The summed E-state index contributed by atoms with van der Waals surface area (Å²) in [4.78, 5) is 10.0. The fourth-order valence-corrected chi connectivity index (χ4v) is 1.52. The molecule has 0 radical (unpaired) electrons. The highest BCUT2D eigenvalue weighted by molar-refractivity contribution is 5.48. The van der Waals surface area contributed by atoms with Gasteiger partial charge in [-0.3, -0.25) is 10.1 Å². The largest absolute Gasteiger partial charge is 0.508 e. The number of phenols is 1. The number of aliphatic hydroxyl groups excluding tert-OH is 1. The summed E-state index contributed by atoms with van der Waals surface area (Å²) in [5.74, 6) is -0.0122. The van der Waals surface area contributed by atoms with Crippen LogP contribution in [0.4, 0.5) is 17.1 Å². The van der Waals surface area contributed by atoms with Gasteiger partial charge in [-0.05, 0) is 30.3 Å². The number of nitro benzene ring substituents is 1. The molecule has 0 aliphatic carbocycles. The van der Waals surface area contributed by atoms with Crippen molar-refractivity contribution >= 4 is 17.1 Å². The number of rotatable bonds is 4. The van der Waals surface area contributed by atoms with Crippen LogP contribution >= 0.6 is 0 Å². The molecule has 7 nitrogen and oxygen atoms in total. The molecule has 7 heteroatoms. The van der Waals surface area contributed by atoms with Gasteiger partial charge in [0.2, 0.25) is 0 Å². The standard InChI is InChI=1S/C13H11N3O4/c17-8-9-7-11(3-6-13(9)18)15-14-10-1-4-12(5-2-10)16(19)20/h1-7,17-18H,8H2/b15-14+. The fourth-order valence-electron chi connectivity index (χ4n) is 1.52. The Balaban J connectivity index is 2.18. The number of hydrogen-bond donors (Lipinski definition) is 2. The van der Waals surface area contributed by atoms with E-state index < -0.39 is 4.92 Å². The third-order valence-electron chi connectivity index (χ3n) is 2.57. The Bertz CT molecular complexity index is 653. The number of non-ortho nitro benzene ring substituents is 1. The van der Waals surface area contributed by atoms with Crippen molar-refractivity contribution in [2.75, 3.05) is 0 Å². The molecular weight excluding hydrogens is 262 g/mol. The van der Waals surface area contributed by atoms with Crippen LogP contribution in [0.3, 0.4) is 0 Å². The molecule has 0 bridgehead atoms. The van der Waals surface area contributed by atoms with Crippen LogP contribution in [0.25, 0.3) is 0 Å². The lowest BCUT2D eigenvalue weighted by molar-refractivity contribution is -0.384. The lowest BCUT2D eigenvalue weighted by Gasteiger charge is -2.01. The van der Waals surface area contributed by atoms with E-state index in [1.807, 2.05) is 0 Å². The summed E-state index contributed by atoms with van der Waals surface area (Å²) < 4.78 is 0. The molecule has 0 saturated carbocycles. The smallest absolute Gasteiger partial charge is 0.269 e. The van der Waals surface area contributed by atoms with Gasteiger partial charge in [0.05, 0.1) is 22.9 Å². The van der Waals surface area contributed by atoms with E-state index in [1.165, 1.54) is 36.4 Å². The van der Waals surface area contributed by atoms with Crippen molar-refractivity contribution < 1.29 is 15.1 Å². The van der Waals surface area contributed by atoms with E-state index in [0.717, 1.165) is 0 Å². The number of nitro groups is 1. The highest BCUT2D eigenvalue weighted by atomic mass is 16.6. The van der Waals surface area contributed by atoms with Crippen LogP contribution in [-0.2, 0) is 6.61 Å². The molecule has 20 heavy (non-hydrogen) atoms. The molecule has 2 aromatic rings. The molecule has 0 saturated heterocycles. The molecule has 0 atom stereocenters. The third kappa shape index (κ3) is 3.15. The van der Waals surface area contributed by atoms with E-state index in [0.29, 0.717) is 16.9 Å². The first-order valence-electron chi connectivity index (χ1n) is 5.69. The quantitative estimate of drug-likeness (QED) is 0.506. The minimum absolute atomic E-state index is 0.0122. The zero-order valence-electron chi connectivity index (χ0n) is 10.3. The Morgan fingerprint density at radius 2 is 1.65 bits per heavy atom. The lowest BCUT2D eigenvalue weighted by atomic mass is 10.2. The SMILES string of the molecule is O=[N+]([O-])c1ccc(/N=N/c2ccc(O)c(CO)c2)cc1. The van der Waals surface area contributed by atoms with Gasteiger partial charge in [-0.1, -0.05) is 0 Å². The highest BCUT2D eigenvalue weighted by Crippen LogP contribution is 2.25. The topological polar surface area (TPSA) is 108 Å². The van der Waals surface area contributed by atoms with Crippen LogP contribution in [-0.4, -0.2) is 15.1 Å². The lowest BCUT2D eigenvalue weighted by Crippen LogP contribution is -1.85. The van der Waals surface area contributed by atoms with E-state index in [2.05, 4.69) is 10.2 Å². The first kappa shape index (κ1) is 13.6. The van der Waals surface area contributed by atoms with Gasteiger partial charge in [-0.2, -0.15) is 10.2 Å². The molecule has 0 aliphatic heterocycles. The second-order valence-electron chi connectivity index (χ2n) is 3.94. The minimum Gasteiger partial charge on any atom is -0.508 e.